The summed E-state index contributed by atoms with van der Waals surface area (Å²) < 4.78 is 11.7. The Morgan fingerprint density at radius 2 is 2.15 bits per heavy atom. The van der Waals surface area contributed by atoms with Gasteiger partial charge in [-0.15, -0.1) is 0 Å². The first-order valence-corrected chi connectivity index (χ1v) is 8.22. The molecule has 2 rings (SSSR count). The van der Waals surface area contributed by atoms with E-state index >= 15 is 0 Å². The zero-order chi connectivity index (χ0) is 14.2. The van der Waals surface area contributed by atoms with Crippen LogP contribution in [0.1, 0.15) is 63.7 Å². The molecule has 1 fully saturated rings. The fourth-order valence-corrected chi connectivity index (χ4v) is 3.09. The quantitative estimate of drug-likeness (QED) is 0.722. The highest BCUT2D eigenvalue weighted by Crippen LogP contribution is 2.30. The van der Waals surface area contributed by atoms with Crippen LogP contribution in [-0.2, 0) is 17.9 Å². The van der Waals surface area contributed by atoms with Crippen LogP contribution >= 0.6 is 0 Å². The van der Waals surface area contributed by atoms with Crippen molar-refractivity contribution in [2.45, 2.75) is 71.6 Å². The van der Waals surface area contributed by atoms with Crippen molar-refractivity contribution in [3.05, 3.63) is 23.7 Å². The fraction of sp³-hybridized carbons (Fsp3) is 0.765. The molecule has 1 aliphatic rings. The Kier molecular flexibility index (Phi) is 6.61. The third-order valence-corrected chi connectivity index (χ3v) is 4.37. The van der Waals surface area contributed by atoms with Crippen molar-refractivity contribution in [1.29, 1.82) is 0 Å². The largest absolute Gasteiger partial charge is 0.467 e. The van der Waals surface area contributed by atoms with Crippen molar-refractivity contribution in [2.24, 2.45) is 5.92 Å². The van der Waals surface area contributed by atoms with Gasteiger partial charge in [-0.2, -0.15) is 0 Å². The van der Waals surface area contributed by atoms with Gasteiger partial charge in [-0.1, -0.05) is 33.1 Å². The Morgan fingerprint density at radius 3 is 2.95 bits per heavy atom. The predicted molar refractivity (Wildman–Crippen MR) is 81.5 cm³/mol. The maximum absolute atomic E-state index is 6.16. The average molecular weight is 279 g/mol. The average Bonchev–Trinajstić information content (AvgIpc) is 2.93. The molecule has 1 aliphatic carbocycles. The number of nitrogens with one attached hydrogen (secondary N) is 1. The van der Waals surface area contributed by atoms with E-state index in [-0.39, 0.29) is 0 Å². The van der Waals surface area contributed by atoms with Gasteiger partial charge >= 0.3 is 0 Å². The molecule has 0 aromatic carbocycles. The number of hydrogen-bond donors (Lipinski definition) is 1. The van der Waals surface area contributed by atoms with Crippen molar-refractivity contribution in [3.63, 3.8) is 0 Å². The van der Waals surface area contributed by atoms with Crippen LogP contribution < -0.4 is 5.32 Å². The topological polar surface area (TPSA) is 34.4 Å². The molecule has 2 atom stereocenters. The van der Waals surface area contributed by atoms with Crippen LogP contribution in [0.25, 0.3) is 0 Å². The third kappa shape index (κ3) is 4.35. The first-order chi connectivity index (χ1) is 9.85. The summed E-state index contributed by atoms with van der Waals surface area (Å²) in [7, 11) is 0. The van der Waals surface area contributed by atoms with Crippen molar-refractivity contribution in [2.75, 3.05) is 6.54 Å². The van der Waals surface area contributed by atoms with E-state index in [4.69, 9.17) is 9.15 Å². The molecule has 2 unspecified atom stereocenters. The molecule has 1 aromatic heterocycles. The molecule has 0 amide bonds. The summed E-state index contributed by atoms with van der Waals surface area (Å²) in [6, 6.07) is 2.06. The van der Waals surface area contributed by atoms with Gasteiger partial charge in [0.15, 0.2) is 0 Å². The summed E-state index contributed by atoms with van der Waals surface area (Å²) in [4.78, 5) is 0. The maximum atomic E-state index is 6.16. The summed E-state index contributed by atoms with van der Waals surface area (Å²) >= 11 is 0. The molecule has 3 nitrogen and oxygen atoms in total. The predicted octanol–water partition coefficient (Wildman–Crippen LogP) is 4.26. The second kappa shape index (κ2) is 8.48. The number of furan rings is 1. The molecule has 0 saturated heterocycles. The van der Waals surface area contributed by atoms with Crippen molar-refractivity contribution < 1.29 is 9.15 Å². The Hall–Kier alpha value is -0.800. The van der Waals surface area contributed by atoms with Crippen LogP contribution in [0.5, 0.6) is 0 Å². The van der Waals surface area contributed by atoms with Crippen molar-refractivity contribution in [3.8, 4) is 0 Å². The zero-order valence-corrected chi connectivity index (χ0v) is 13.0. The van der Waals surface area contributed by atoms with Gasteiger partial charge in [0.05, 0.1) is 12.4 Å². The minimum atomic E-state index is 0.426. The molecule has 114 valence electrons. The molecule has 1 N–H and O–H groups in total. The summed E-state index contributed by atoms with van der Waals surface area (Å²) in [6.45, 7) is 7.01. The molecule has 0 spiro atoms. The van der Waals surface area contributed by atoms with Gasteiger partial charge in [0.1, 0.15) is 12.4 Å². The van der Waals surface area contributed by atoms with E-state index in [1.165, 1.54) is 37.7 Å². The summed E-state index contributed by atoms with van der Waals surface area (Å²) in [5, 5.41) is 3.42. The molecule has 3 heteroatoms. The van der Waals surface area contributed by atoms with E-state index < -0.39 is 0 Å². The van der Waals surface area contributed by atoms with Gasteiger partial charge < -0.3 is 14.5 Å². The first kappa shape index (κ1) is 15.6. The minimum Gasteiger partial charge on any atom is -0.467 e. The van der Waals surface area contributed by atoms with E-state index in [0.717, 1.165) is 31.2 Å². The van der Waals surface area contributed by atoms with Crippen LogP contribution in [-0.4, -0.2) is 12.6 Å². The van der Waals surface area contributed by atoms with Crippen LogP contribution in [0, 0.1) is 5.92 Å². The van der Waals surface area contributed by atoms with Crippen LogP contribution in [0.15, 0.2) is 16.7 Å². The molecule has 1 saturated carbocycles. The molecule has 1 aromatic rings. The third-order valence-electron chi connectivity index (χ3n) is 4.37. The normalized spacial score (nSPS) is 23.1. The molecule has 0 radical (unpaired) electrons. The van der Waals surface area contributed by atoms with Crippen molar-refractivity contribution in [1.82, 2.24) is 5.32 Å². The monoisotopic (exact) mass is 279 g/mol. The van der Waals surface area contributed by atoms with Gasteiger partial charge in [-0.25, -0.2) is 0 Å². The number of ether oxygens (including phenoxy) is 1. The fourth-order valence-electron chi connectivity index (χ4n) is 3.09. The van der Waals surface area contributed by atoms with Gasteiger partial charge in [-0.05, 0) is 37.8 Å². The lowest BCUT2D eigenvalue weighted by atomic mass is 9.85. The second-order valence-electron chi connectivity index (χ2n) is 5.85. The van der Waals surface area contributed by atoms with E-state index in [9.17, 15) is 0 Å². The minimum absolute atomic E-state index is 0.426. The molecule has 0 aliphatic heterocycles. The zero-order valence-electron chi connectivity index (χ0n) is 13.0. The molecule has 1 heterocycles. The summed E-state index contributed by atoms with van der Waals surface area (Å²) in [5.74, 6) is 1.73. The maximum Gasteiger partial charge on any atom is 0.133 e. The number of hydrogen-bond acceptors (Lipinski definition) is 3. The molecule has 0 bridgehead atoms. The van der Waals surface area contributed by atoms with Gasteiger partial charge in [0.25, 0.3) is 0 Å². The van der Waals surface area contributed by atoms with Crippen LogP contribution in [0.4, 0.5) is 0 Å². The first-order valence-electron chi connectivity index (χ1n) is 8.22. The van der Waals surface area contributed by atoms with Gasteiger partial charge in [-0.3, -0.25) is 0 Å². The van der Waals surface area contributed by atoms with Crippen LogP contribution in [0.3, 0.4) is 0 Å². The Bertz CT molecular complexity index is 375. The highest BCUT2D eigenvalue weighted by molar-refractivity contribution is 5.16. The summed E-state index contributed by atoms with van der Waals surface area (Å²) in [5.41, 5.74) is 1.24. The molecular weight excluding hydrogens is 250 g/mol. The molecule has 20 heavy (non-hydrogen) atoms. The lowest BCUT2D eigenvalue weighted by Crippen LogP contribution is -2.27. The number of rotatable bonds is 8. The van der Waals surface area contributed by atoms with E-state index in [0.29, 0.717) is 12.7 Å². The van der Waals surface area contributed by atoms with Gasteiger partial charge in [0, 0.05) is 12.1 Å². The standard InChI is InChI=1S/C17H29NO2/c1-3-10-18-12-15-9-11-19-17(15)13-20-16-8-6-5-7-14(16)4-2/h9,11,14,16,18H,3-8,10,12-13H2,1-2H3. The SMILES string of the molecule is CCCNCc1ccoc1COC1CCCCC1CC. The smallest absolute Gasteiger partial charge is 0.133 e. The summed E-state index contributed by atoms with van der Waals surface area (Å²) in [6.07, 6.45) is 9.80. The van der Waals surface area contributed by atoms with E-state index in [1.54, 1.807) is 6.26 Å². The van der Waals surface area contributed by atoms with Crippen LogP contribution in [0.2, 0.25) is 0 Å². The second-order valence-corrected chi connectivity index (χ2v) is 5.85. The highest BCUT2D eigenvalue weighted by Gasteiger charge is 2.24. The Labute approximate surface area is 123 Å². The Balaban J connectivity index is 1.82. The molecular formula is C17H29NO2. The lowest BCUT2D eigenvalue weighted by molar-refractivity contribution is -0.0287. The van der Waals surface area contributed by atoms with E-state index in [1.807, 2.05) is 0 Å². The van der Waals surface area contributed by atoms with E-state index in [2.05, 4.69) is 25.2 Å². The lowest BCUT2D eigenvalue weighted by Gasteiger charge is -2.30. The van der Waals surface area contributed by atoms with Crippen molar-refractivity contribution >= 4 is 0 Å². The Morgan fingerprint density at radius 1 is 1.30 bits per heavy atom. The highest BCUT2D eigenvalue weighted by atomic mass is 16.5. The van der Waals surface area contributed by atoms with Gasteiger partial charge in [0.2, 0.25) is 0 Å².